The Balaban J connectivity index is 1.70. The molecule has 1 fully saturated rings. The number of rotatable bonds is 2. The molecule has 1 aliphatic heterocycles. The zero-order valence-corrected chi connectivity index (χ0v) is 13.6. The maximum Gasteiger partial charge on any atom is 0.254 e. The van der Waals surface area contributed by atoms with E-state index in [1.54, 1.807) is 12.1 Å². The Hall–Kier alpha value is -2.36. The van der Waals surface area contributed by atoms with E-state index >= 15 is 0 Å². The summed E-state index contributed by atoms with van der Waals surface area (Å²) < 4.78 is 13.9. The second-order valence-corrected chi connectivity index (χ2v) is 6.05. The molecule has 0 N–H and O–H groups in total. The monoisotopic (exact) mass is 312 g/mol. The number of piperazine rings is 1. The molecule has 0 unspecified atom stereocenters. The minimum Gasteiger partial charge on any atom is -0.366 e. The van der Waals surface area contributed by atoms with Crippen LogP contribution in [0.15, 0.2) is 42.5 Å². The van der Waals surface area contributed by atoms with Crippen LogP contribution in [0.4, 0.5) is 10.1 Å². The van der Waals surface area contributed by atoms with E-state index in [1.165, 1.54) is 6.07 Å². The molecule has 120 valence electrons. The molecule has 2 aromatic carbocycles. The first-order chi connectivity index (χ1) is 11.1. The Bertz CT molecular complexity index is 721. The van der Waals surface area contributed by atoms with Crippen molar-refractivity contribution in [1.82, 2.24) is 4.90 Å². The van der Waals surface area contributed by atoms with Gasteiger partial charge >= 0.3 is 0 Å². The van der Waals surface area contributed by atoms with Gasteiger partial charge in [0.15, 0.2) is 0 Å². The van der Waals surface area contributed by atoms with Crippen molar-refractivity contribution in [2.24, 2.45) is 0 Å². The molecule has 1 saturated heterocycles. The number of nitrogens with zero attached hydrogens (tertiary/aromatic N) is 2. The van der Waals surface area contributed by atoms with Crippen LogP contribution in [0.2, 0.25) is 0 Å². The van der Waals surface area contributed by atoms with Gasteiger partial charge in [-0.25, -0.2) is 4.39 Å². The number of carbonyl (C=O) groups excluding carboxylic acids is 1. The lowest BCUT2D eigenvalue weighted by Crippen LogP contribution is -2.49. The molecule has 3 rings (SSSR count). The molecular weight excluding hydrogens is 291 g/mol. The predicted octanol–water partition coefficient (Wildman–Crippen LogP) is 3.40. The van der Waals surface area contributed by atoms with Crippen molar-refractivity contribution in [1.29, 1.82) is 0 Å². The van der Waals surface area contributed by atoms with Crippen molar-refractivity contribution >= 4 is 11.6 Å². The first kappa shape index (κ1) is 15.5. The van der Waals surface area contributed by atoms with E-state index in [0.29, 0.717) is 31.9 Å². The molecule has 3 nitrogen and oxygen atoms in total. The summed E-state index contributed by atoms with van der Waals surface area (Å²) in [7, 11) is 0. The summed E-state index contributed by atoms with van der Waals surface area (Å²) in [5, 5.41) is 0. The van der Waals surface area contributed by atoms with Crippen LogP contribution in [0, 0.1) is 19.7 Å². The molecule has 0 aliphatic carbocycles. The smallest absolute Gasteiger partial charge is 0.254 e. The third-order valence-electron chi connectivity index (χ3n) is 4.38. The molecular formula is C19H21FN2O. The average Bonchev–Trinajstić information content (AvgIpc) is 2.57. The minimum atomic E-state index is -0.207. The fourth-order valence-corrected chi connectivity index (χ4v) is 3.00. The van der Waals surface area contributed by atoms with Gasteiger partial charge in [0.05, 0.1) is 5.69 Å². The van der Waals surface area contributed by atoms with Crippen molar-refractivity contribution in [3.63, 3.8) is 0 Å². The number of aryl methyl sites for hydroxylation is 2. The average molecular weight is 312 g/mol. The van der Waals surface area contributed by atoms with E-state index in [9.17, 15) is 9.18 Å². The highest BCUT2D eigenvalue weighted by Gasteiger charge is 2.24. The number of para-hydroxylation sites is 1. The van der Waals surface area contributed by atoms with Gasteiger partial charge in [-0.3, -0.25) is 4.79 Å². The van der Waals surface area contributed by atoms with Gasteiger partial charge in [0.25, 0.3) is 5.91 Å². The Morgan fingerprint density at radius 2 is 1.70 bits per heavy atom. The Labute approximate surface area is 136 Å². The zero-order chi connectivity index (χ0) is 16.4. The lowest BCUT2D eigenvalue weighted by Gasteiger charge is -2.36. The molecule has 0 radical (unpaired) electrons. The lowest BCUT2D eigenvalue weighted by molar-refractivity contribution is 0.0746. The van der Waals surface area contributed by atoms with Gasteiger partial charge in [-0.2, -0.15) is 0 Å². The highest BCUT2D eigenvalue weighted by molar-refractivity contribution is 5.96. The van der Waals surface area contributed by atoms with Crippen molar-refractivity contribution in [3.8, 4) is 0 Å². The molecule has 0 saturated carbocycles. The van der Waals surface area contributed by atoms with Crippen LogP contribution in [-0.4, -0.2) is 37.0 Å². The van der Waals surface area contributed by atoms with Crippen LogP contribution in [0.1, 0.15) is 21.5 Å². The first-order valence-corrected chi connectivity index (χ1v) is 7.92. The summed E-state index contributed by atoms with van der Waals surface area (Å²) in [5.74, 6) is -0.138. The van der Waals surface area contributed by atoms with Crippen LogP contribution in [-0.2, 0) is 0 Å². The summed E-state index contributed by atoms with van der Waals surface area (Å²) in [6.45, 7) is 6.48. The van der Waals surface area contributed by atoms with Gasteiger partial charge in [0.2, 0.25) is 0 Å². The van der Waals surface area contributed by atoms with Gasteiger partial charge in [-0.05, 0) is 37.6 Å². The van der Waals surface area contributed by atoms with Gasteiger partial charge in [-0.15, -0.1) is 0 Å². The maximum atomic E-state index is 13.9. The van der Waals surface area contributed by atoms with Crippen LogP contribution in [0.5, 0.6) is 0 Å². The second-order valence-electron chi connectivity index (χ2n) is 6.05. The van der Waals surface area contributed by atoms with Crippen LogP contribution in [0.25, 0.3) is 0 Å². The number of benzene rings is 2. The Morgan fingerprint density at radius 3 is 2.39 bits per heavy atom. The SMILES string of the molecule is Cc1ccc(C)c(C(=O)N2CCN(c3ccccc3F)CC2)c1. The summed E-state index contributed by atoms with van der Waals surface area (Å²) >= 11 is 0. The summed E-state index contributed by atoms with van der Waals surface area (Å²) in [6.07, 6.45) is 0. The van der Waals surface area contributed by atoms with E-state index < -0.39 is 0 Å². The van der Waals surface area contributed by atoms with Crippen LogP contribution in [0.3, 0.4) is 0 Å². The molecule has 23 heavy (non-hydrogen) atoms. The molecule has 1 heterocycles. The number of amides is 1. The van der Waals surface area contributed by atoms with E-state index in [4.69, 9.17) is 0 Å². The van der Waals surface area contributed by atoms with E-state index in [-0.39, 0.29) is 11.7 Å². The zero-order valence-electron chi connectivity index (χ0n) is 13.6. The maximum absolute atomic E-state index is 13.9. The third-order valence-corrected chi connectivity index (χ3v) is 4.38. The van der Waals surface area contributed by atoms with E-state index in [1.807, 2.05) is 47.9 Å². The quantitative estimate of drug-likeness (QED) is 0.848. The highest BCUT2D eigenvalue weighted by Crippen LogP contribution is 2.21. The minimum absolute atomic E-state index is 0.0689. The van der Waals surface area contributed by atoms with Crippen LogP contribution >= 0.6 is 0 Å². The standard InChI is InChI=1S/C19H21FN2O/c1-14-7-8-15(2)16(13-14)19(23)22-11-9-21(10-12-22)18-6-4-3-5-17(18)20/h3-8,13H,9-12H2,1-2H3. The number of hydrogen-bond donors (Lipinski definition) is 0. The first-order valence-electron chi connectivity index (χ1n) is 7.92. The summed E-state index contributed by atoms with van der Waals surface area (Å²) in [4.78, 5) is 16.6. The fraction of sp³-hybridized carbons (Fsp3) is 0.316. The van der Waals surface area contributed by atoms with Crippen molar-refractivity contribution in [2.75, 3.05) is 31.1 Å². The Morgan fingerprint density at radius 1 is 1.00 bits per heavy atom. The molecule has 2 aromatic rings. The predicted molar refractivity (Wildman–Crippen MR) is 90.4 cm³/mol. The summed E-state index contributed by atoms with van der Waals surface area (Å²) in [5.41, 5.74) is 3.47. The van der Waals surface area contributed by atoms with Gasteiger partial charge in [0.1, 0.15) is 5.82 Å². The molecule has 0 aromatic heterocycles. The van der Waals surface area contributed by atoms with Crippen molar-refractivity contribution < 1.29 is 9.18 Å². The normalized spacial score (nSPS) is 14.9. The van der Waals surface area contributed by atoms with Gasteiger partial charge < -0.3 is 9.80 Å². The number of halogens is 1. The van der Waals surface area contributed by atoms with Crippen molar-refractivity contribution in [3.05, 3.63) is 65.0 Å². The molecule has 1 amide bonds. The lowest BCUT2D eigenvalue weighted by atomic mass is 10.0. The van der Waals surface area contributed by atoms with Gasteiger partial charge in [-0.1, -0.05) is 29.8 Å². The molecule has 0 atom stereocenters. The Kier molecular flexibility index (Phi) is 4.33. The third kappa shape index (κ3) is 3.21. The van der Waals surface area contributed by atoms with Crippen molar-refractivity contribution in [2.45, 2.75) is 13.8 Å². The van der Waals surface area contributed by atoms with Gasteiger partial charge in [0, 0.05) is 31.7 Å². The number of anilines is 1. The molecule has 0 spiro atoms. The highest BCUT2D eigenvalue weighted by atomic mass is 19.1. The second kappa shape index (κ2) is 6.41. The fourth-order valence-electron chi connectivity index (χ4n) is 3.00. The number of hydrogen-bond acceptors (Lipinski definition) is 2. The molecule has 4 heteroatoms. The summed E-state index contributed by atoms with van der Waals surface area (Å²) in [6, 6.07) is 12.7. The largest absolute Gasteiger partial charge is 0.366 e. The van der Waals surface area contributed by atoms with E-state index in [2.05, 4.69) is 0 Å². The van der Waals surface area contributed by atoms with Crippen LogP contribution < -0.4 is 4.90 Å². The van der Waals surface area contributed by atoms with E-state index in [0.717, 1.165) is 16.7 Å². The topological polar surface area (TPSA) is 23.6 Å². The molecule has 0 bridgehead atoms. The molecule has 1 aliphatic rings. The number of carbonyl (C=O) groups is 1.